The van der Waals surface area contributed by atoms with Crippen molar-refractivity contribution in [3.8, 4) is 5.75 Å². The summed E-state index contributed by atoms with van der Waals surface area (Å²) in [4.78, 5) is 0. The molecule has 0 aliphatic carbocycles. The molecule has 0 amide bonds. The van der Waals surface area contributed by atoms with Gasteiger partial charge >= 0.3 is 101 Å². The fourth-order valence-electron chi connectivity index (χ4n) is 4.12. The van der Waals surface area contributed by atoms with Gasteiger partial charge in [0.15, 0.2) is 17.4 Å². The van der Waals surface area contributed by atoms with Crippen molar-refractivity contribution in [3.05, 3.63) is 28.6 Å². The van der Waals surface area contributed by atoms with Gasteiger partial charge < -0.3 is 5.11 Å². The first-order chi connectivity index (χ1) is 26.6. The third kappa shape index (κ3) is 6.60. The summed E-state index contributed by atoms with van der Waals surface area (Å²) in [6.07, 6.45) is -15.9. The van der Waals surface area contributed by atoms with E-state index in [2.05, 4.69) is 0 Å². The highest BCUT2D eigenvalue weighted by Gasteiger charge is 3.02. The Balaban J connectivity index is 4.24. The van der Waals surface area contributed by atoms with Crippen molar-refractivity contribution in [2.75, 3.05) is 0 Å². The lowest BCUT2D eigenvalue weighted by Gasteiger charge is -2.47. The molecule has 1 aromatic carbocycles. The van der Waals surface area contributed by atoms with Crippen LogP contribution in [0.1, 0.15) is 11.1 Å². The van der Waals surface area contributed by atoms with Crippen molar-refractivity contribution < 1.29 is 176 Å². The van der Waals surface area contributed by atoms with E-state index in [1.807, 2.05) is 0 Å². The molecule has 0 aliphatic heterocycles. The number of hydrogen-bond acceptors (Lipinski definition) is 1. The highest BCUT2D eigenvalue weighted by molar-refractivity contribution is 5.47. The number of rotatable bonds is 15. The van der Waals surface area contributed by atoms with E-state index in [1.165, 1.54) is 0 Å². The van der Waals surface area contributed by atoms with E-state index in [-0.39, 0.29) is 0 Å². The summed E-state index contributed by atoms with van der Waals surface area (Å²) < 4.78 is 533. The van der Waals surface area contributed by atoms with Crippen molar-refractivity contribution >= 4 is 0 Å². The maximum atomic E-state index is 14.5. The van der Waals surface area contributed by atoms with Crippen molar-refractivity contribution in [1.82, 2.24) is 0 Å². The molecule has 0 aromatic heterocycles. The molecule has 40 heteroatoms. The van der Waals surface area contributed by atoms with Gasteiger partial charge in [0.05, 0.1) is 5.56 Å². The monoisotopic (exact) mass is 1030 g/mol. The average molecular weight is 1030 g/mol. The van der Waals surface area contributed by atoms with Gasteiger partial charge in [0.25, 0.3) is 0 Å². The lowest BCUT2D eigenvalue weighted by molar-refractivity contribution is -0.491. The molecule has 0 atom stereocenters. The second-order valence-electron chi connectivity index (χ2n) is 11.7. The molecule has 1 N–H and O–H groups in total. The molecule has 0 saturated heterocycles. The molecular weight excluding hydrogens is 1030 g/mol. The molecule has 0 radical (unpaired) electrons. The Morgan fingerprint density at radius 1 is 0.222 bits per heavy atom. The highest BCUT2D eigenvalue weighted by Crippen LogP contribution is 2.70. The van der Waals surface area contributed by atoms with Gasteiger partial charge in [0.2, 0.25) is 5.82 Å². The lowest BCUT2D eigenvalue weighted by Crippen LogP contribution is -2.79. The van der Waals surface area contributed by atoms with E-state index in [0.29, 0.717) is 0 Å². The van der Waals surface area contributed by atoms with Gasteiger partial charge in [-0.3, -0.25) is 0 Å². The van der Waals surface area contributed by atoms with Crippen molar-refractivity contribution in [2.24, 2.45) is 0 Å². The second kappa shape index (κ2) is 14.1. The van der Waals surface area contributed by atoms with Crippen LogP contribution in [0.5, 0.6) is 5.75 Å². The number of benzene rings is 1. The number of aromatic hydroxyl groups is 1. The van der Waals surface area contributed by atoms with Crippen LogP contribution in [0, 0.1) is 17.5 Å². The number of halogens is 39. The van der Waals surface area contributed by atoms with Gasteiger partial charge in [0, 0.05) is 0 Å². The number of alkyl halides is 36. The summed E-state index contributed by atoms with van der Waals surface area (Å²) in [5, 5.41) is 8.83. The first-order valence-electron chi connectivity index (χ1n) is 13.3. The Morgan fingerprint density at radius 2 is 0.413 bits per heavy atom. The fourth-order valence-corrected chi connectivity index (χ4v) is 4.12. The Hall–Kier alpha value is -3.71. The zero-order valence-electron chi connectivity index (χ0n) is 26.7. The molecule has 1 aromatic rings. The van der Waals surface area contributed by atoms with E-state index in [0.717, 1.165) is 0 Å². The topological polar surface area (TPSA) is 20.2 Å². The normalized spacial score (nSPS) is 16.6. The van der Waals surface area contributed by atoms with Gasteiger partial charge in [-0.25, -0.2) is 8.78 Å². The first kappa shape index (κ1) is 57.3. The number of hydrogen-bond donors (Lipinski definition) is 1. The lowest BCUT2D eigenvalue weighted by atomic mass is 9.82. The maximum absolute atomic E-state index is 14.5. The standard InChI is InChI=1S/C23HF39O/c24-3-1(2(8(29,30)31)6(63)5(26)4(3)25)7(27,28)9(32,33)10(34,35)11(36,37)12(38,39)13(40,41)14(42,43)15(44,45)16(46,47)17(48,49)18(50,51)19(52,53)20(54,55)21(56,57)22(58,59)23(60,61)62/h63H. The maximum Gasteiger partial charge on any atom is 0.460 e. The van der Waals surface area contributed by atoms with E-state index in [4.69, 9.17) is 5.11 Å². The molecule has 372 valence electrons. The van der Waals surface area contributed by atoms with Gasteiger partial charge in [-0.1, -0.05) is 0 Å². The fraction of sp³-hybridized carbons (Fsp3) is 0.739. The first-order valence-corrected chi connectivity index (χ1v) is 13.3. The molecule has 0 aliphatic rings. The molecule has 1 nitrogen and oxygen atoms in total. The van der Waals surface area contributed by atoms with Crippen molar-refractivity contribution in [2.45, 2.75) is 101 Å². The minimum absolute atomic E-state index is 3.88. The Labute approximate surface area is 313 Å². The SMILES string of the molecule is Oc1c(F)c(F)c(F)c(C(F)(F)C(F)(F)C(F)(F)C(F)(F)C(F)(F)C(F)(F)C(F)(F)C(F)(F)C(F)(F)C(F)(F)C(F)(F)C(F)(F)C(F)(F)C(F)(F)C(F)(F)C(F)(F)F)c1C(F)(F)F. The zero-order chi connectivity index (χ0) is 52.0. The molecule has 0 unspecified atom stereocenters. The Kier molecular flexibility index (Phi) is 12.9. The molecule has 1 rings (SSSR count). The highest BCUT2D eigenvalue weighted by atomic mass is 19.4. The molecular formula is C23HF39O. The van der Waals surface area contributed by atoms with Gasteiger partial charge in [-0.05, 0) is 0 Å². The van der Waals surface area contributed by atoms with Gasteiger partial charge in [-0.2, -0.15) is 162 Å². The third-order valence-corrected chi connectivity index (χ3v) is 7.77. The van der Waals surface area contributed by atoms with Crippen molar-refractivity contribution in [1.29, 1.82) is 0 Å². The van der Waals surface area contributed by atoms with Crippen LogP contribution in [0.3, 0.4) is 0 Å². The summed E-state index contributed by atoms with van der Waals surface area (Å²) >= 11 is 0. The van der Waals surface area contributed by atoms with E-state index in [1.54, 1.807) is 0 Å². The van der Waals surface area contributed by atoms with Crippen LogP contribution >= 0.6 is 0 Å². The van der Waals surface area contributed by atoms with Gasteiger partial charge in [0.1, 0.15) is 5.56 Å². The third-order valence-electron chi connectivity index (χ3n) is 7.77. The van der Waals surface area contributed by atoms with Crippen LogP contribution in [0.2, 0.25) is 0 Å². The average Bonchev–Trinajstić information content (AvgIpc) is 3.06. The second-order valence-corrected chi connectivity index (χ2v) is 11.7. The minimum Gasteiger partial charge on any atom is -0.504 e. The molecule has 0 spiro atoms. The Morgan fingerprint density at radius 3 is 0.603 bits per heavy atom. The van der Waals surface area contributed by atoms with Crippen LogP contribution in [0.4, 0.5) is 171 Å². The van der Waals surface area contributed by atoms with Crippen LogP contribution < -0.4 is 0 Å². The van der Waals surface area contributed by atoms with E-state index >= 15 is 0 Å². The number of phenolic OH excluding ortho intramolecular Hbond substituents is 1. The predicted octanol–water partition coefficient (Wildman–Crippen LogP) is 13.4. The molecule has 0 fully saturated rings. The van der Waals surface area contributed by atoms with Gasteiger partial charge in [-0.15, -0.1) is 0 Å². The Bertz CT molecular complexity index is 1890. The molecule has 0 saturated carbocycles. The van der Waals surface area contributed by atoms with Crippen molar-refractivity contribution in [3.63, 3.8) is 0 Å². The summed E-state index contributed by atoms with van der Waals surface area (Å²) in [7, 11) is 0. The van der Waals surface area contributed by atoms with Crippen LogP contribution in [-0.2, 0) is 12.1 Å². The molecule has 63 heavy (non-hydrogen) atoms. The zero-order valence-corrected chi connectivity index (χ0v) is 26.7. The van der Waals surface area contributed by atoms with Crippen LogP contribution in [0.15, 0.2) is 0 Å². The summed E-state index contributed by atoms with van der Waals surface area (Å²) in [6.45, 7) is 0. The minimum atomic E-state index is -10.5. The van der Waals surface area contributed by atoms with E-state index < -0.39 is 136 Å². The predicted molar refractivity (Wildman–Crippen MR) is 112 cm³/mol. The van der Waals surface area contributed by atoms with Crippen LogP contribution in [-0.4, -0.2) is 94.2 Å². The van der Waals surface area contributed by atoms with Crippen LogP contribution in [0.25, 0.3) is 0 Å². The smallest absolute Gasteiger partial charge is 0.460 e. The molecule has 0 heterocycles. The summed E-state index contributed by atoms with van der Waals surface area (Å²) in [6, 6.07) is 0. The summed E-state index contributed by atoms with van der Waals surface area (Å²) in [5.74, 6) is -167. The van der Waals surface area contributed by atoms with E-state index in [9.17, 15) is 171 Å². The molecule has 0 bridgehead atoms. The summed E-state index contributed by atoms with van der Waals surface area (Å²) in [5.41, 5.74) is -9.88. The largest absolute Gasteiger partial charge is 0.504 e. The number of phenols is 1. The quantitative estimate of drug-likeness (QED) is 0.137.